The summed E-state index contributed by atoms with van der Waals surface area (Å²) < 4.78 is 26.1. The highest BCUT2D eigenvalue weighted by atomic mass is 19.1. The monoisotopic (exact) mass is 464 g/mol. The first-order valence-electron chi connectivity index (χ1n) is 11.6. The number of hydrogen-bond donors (Lipinski definition) is 1. The number of benzene rings is 2. The van der Waals surface area contributed by atoms with Crippen LogP contribution < -0.4 is 10.2 Å². The van der Waals surface area contributed by atoms with Crippen LogP contribution >= 0.6 is 0 Å². The maximum atomic E-state index is 14.0. The van der Waals surface area contributed by atoms with E-state index in [0.717, 1.165) is 32.7 Å². The van der Waals surface area contributed by atoms with Gasteiger partial charge < -0.3 is 14.7 Å². The van der Waals surface area contributed by atoms with Crippen molar-refractivity contribution in [3.8, 4) is 5.75 Å². The molecule has 1 unspecified atom stereocenters. The van der Waals surface area contributed by atoms with Crippen molar-refractivity contribution in [1.82, 2.24) is 4.73 Å². The zero-order chi connectivity index (χ0) is 23.9. The molecule has 0 saturated heterocycles. The normalized spacial score (nSPS) is 15.2. The Morgan fingerprint density at radius 1 is 1.15 bits per heavy atom. The Morgan fingerprint density at radius 3 is 2.85 bits per heavy atom. The lowest BCUT2D eigenvalue weighted by molar-refractivity contribution is -0.143. The van der Waals surface area contributed by atoms with Crippen LogP contribution in [-0.2, 0) is 22.4 Å². The first-order chi connectivity index (χ1) is 16.5. The number of hydrogen-bond acceptors (Lipinski definition) is 5. The van der Waals surface area contributed by atoms with Crippen molar-refractivity contribution in [3.63, 3.8) is 0 Å². The van der Waals surface area contributed by atoms with E-state index in [1.54, 1.807) is 31.2 Å². The molecular weight excluding hydrogens is 435 g/mol. The molecule has 178 valence electrons. The summed E-state index contributed by atoms with van der Waals surface area (Å²) in [7, 11) is 0. The van der Waals surface area contributed by atoms with Gasteiger partial charge in [-0.2, -0.15) is 4.73 Å². The molecular formula is C27H29FN2O4. The number of pyridine rings is 1. The number of carbonyl (C=O) groups is 1. The minimum Gasteiger partial charge on any atom is -0.494 e. The zero-order valence-electron chi connectivity index (χ0n) is 19.2. The van der Waals surface area contributed by atoms with Crippen molar-refractivity contribution in [2.75, 3.05) is 19.8 Å². The van der Waals surface area contributed by atoms with Gasteiger partial charge in [-0.1, -0.05) is 18.2 Å². The molecule has 7 heteroatoms. The third kappa shape index (κ3) is 5.84. The largest absolute Gasteiger partial charge is 0.494 e. The maximum absolute atomic E-state index is 14.0. The van der Waals surface area contributed by atoms with Crippen molar-refractivity contribution in [3.05, 3.63) is 94.4 Å². The number of fused-ring (bicyclic) bond motifs is 2. The molecule has 6 nitrogen and oxygen atoms in total. The summed E-state index contributed by atoms with van der Waals surface area (Å²) in [6.07, 6.45) is 3.76. The molecule has 1 atom stereocenters. The Kier molecular flexibility index (Phi) is 7.62. The van der Waals surface area contributed by atoms with Crippen molar-refractivity contribution >= 4 is 5.97 Å². The van der Waals surface area contributed by atoms with Crippen molar-refractivity contribution in [1.29, 1.82) is 0 Å². The lowest BCUT2D eigenvalue weighted by Gasteiger charge is -2.17. The lowest BCUT2D eigenvalue weighted by Crippen LogP contribution is -2.17. The summed E-state index contributed by atoms with van der Waals surface area (Å²) in [4.78, 5) is 16.6. The average Bonchev–Trinajstić information content (AvgIpc) is 2.95. The van der Waals surface area contributed by atoms with Crippen LogP contribution in [0.5, 0.6) is 5.75 Å². The second kappa shape index (κ2) is 11.0. The van der Waals surface area contributed by atoms with Gasteiger partial charge in [0.15, 0.2) is 5.49 Å². The van der Waals surface area contributed by atoms with E-state index in [2.05, 4.69) is 4.99 Å². The van der Waals surface area contributed by atoms with Gasteiger partial charge in [0.05, 0.1) is 19.6 Å². The fourth-order valence-electron chi connectivity index (χ4n) is 4.36. The molecule has 1 aliphatic carbocycles. The summed E-state index contributed by atoms with van der Waals surface area (Å²) >= 11 is 0. The second-order valence-corrected chi connectivity index (χ2v) is 8.35. The molecule has 1 N–H and O–H groups in total. The van der Waals surface area contributed by atoms with E-state index in [0.29, 0.717) is 44.5 Å². The fraction of sp³-hybridized carbons (Fsp3) is 0.333. The highest BCUT2D eigenvalue weighted by Gasteiger charge is 2.25. The molecule has 0 aliphatic heterocycles. The van der Waals surface area contributed by atoms with Crippen LogP contribution in [0.15, 0.2) is 65.8 Å². The summed E-state index contributed by atoms with van der Waals surface area (Å²) in [5, 5.41) is 9.70. The molecule has 0 spiro atoms. The molecule has 4 rings (SSSR count). The fourth-order valence-corrected chi connectivity index (χ4v) is 4.36. The third-order valence-electron chi connectivity index (χ3n) is 5.95. The molecule has 1 aromatic heterocycles. The van der Waals surface area contributed by atoms with Gasteiger partial charge in [0, 0.05) is 19.2 Å². The minimum absolute atomic E-state index is 0.0587. The minimum atomic E-state index is -0.282. The van der Waals surface area contributed by atoms with Crippen molar-refractivity contribution in [2.45, 2.75) is 38.5 Å². The molecule has 0 bridgehead atoms. The number of rotatable bonds is 8. The lowest BCUT2D eigenvalue weighted by atomic mass is 9.89. The van der Waals surface area contributed by atoms with Gasteiger partial charge in [-0.3, -0.25) is 9.79 Å². The highest BCUT2D eigenvalue weighted by molar-refractivity contribution is 5.71. The Bertz CT molecular complexity index is 1220. The van der Waals surface area contributed by atoms with Crippen LogP contribution in [0, 0.1) is 5.82 Å². The van der Waals surface area contributed by atoms with E-state index in [1.165, 1.54) is 12.3 Å². The van der Waals surface area contributed by atoms with E-state index in [9.17, 15) is 14.4 Å². The number of aromatic nitrogens is 1. The maximum Gasteiger partial charge on any atom is 0.306 e. The summed E-state index contributed by atoms with van der Waals surface area (Å²) in [6.45, 7) is 3.15. The molecule has 1 heterocycles. The molecule has 34 heavy (non-hydrogen) atoms. The number of esters is 1. The predicted molar refractivity (Wildman–Crippen MR) is 126 cm³/mol. The number of halogens is 1. The Balaban J connectivity index is 1.46. The average molecular weight is 465 g/mol. The first-order valence-corrected chi connectivity index (χ1v) is 11.6. The Morgan fingerprint density at radius 2 is 2.03 bits per heavy atom. The standard InChI is InChI=1S/C27H29FN2O4/c1-2-33-27(31)18-22-14-19-7-9-24(17-20(19)15-21-16-23(28)8-10-25(21)22)34-13-5-11-29-26-6-3-4-12-30(26)32/h3-4,6-10,12,16-17,22,32H,2,5,11,13-15,18H2,1H3. The van der Waals surface area contributed by atoms with Crippen LogP contribution in [0.3, 0.4) is 0 Å². The molecule has 0 saturated carbocycles. The van der Waals surface area contributed by atoms with Crippen LogP contribution in [0.2, 0.25) is 0 Å². The molecule has 3 aromatic rings. The summed E-state index contributed by atoms with van der Waals surface area (Å²) in [5.74, 6) is 0.170. The SMILES string of the molecule is CCOC(=O)CC1Cc2ccc(OCCCN=c3ccccn3O)cc2Cc2cc(F)ccc21. The molecule has 1 aliphatic rings. The quantitative estimate of drug-likeness (QED) is 0.304. The van der Waals surface area contributed by atoms with E-state index in [1.807, 2.05) is 24.3 Å². The van der Waals surface area contributed by atoms with Crippen LogP contribution in [0.4, 0.5) is 4.39 Å². The summed E-state index contributed by atoms with van der Waals surface area (Å²) in [6, 6.07) is 16.1. The predicted octanol–water partition coefficient (Wildman–Crippen LogP) is 4.42. The smallest absolute Gasteiger partial charge is 0.306 e. The molecule has 0 fully saturated rings. The van der Waals surface area contributed by atoms with E-state index < -0.39 is 0 Å². The van der Waals surface area contributed by atoms with Gasteiger partial charge in [-0.25, -0.2) is 4.39 Å². The first kappa shape index (κ1) is 23.5. The highest BCUT2D eigenvalue weighted by Crippen LogP contribution is 2.36. The van der Waals surface area contributed by atoms with Gasteiger partial charge in [-0.05, 0) is 84.3 Å². The van der Waals surface area contributed by atoms with Gasteiger partial charge in [0.1, 0.15) is 11.6 Å². The zero-order valence-corrected chi connectivity index (χ0v) is 19.2. The summed E-state index contributed by atoms with van der Waals surface area (Å²) in [5.41, 5.74) is 4.59. The van der Waals surface area contributed by atoms with Crippen LogP contribution in [0.1, 0.15) is 47.9 Å². The van der Waals surface area contributed by atoms with Gasteiger partial charge >= 0.3 is 5.97 Å². The van der Waals surface area contributed by atoms with E-state index in [4.69, 9.17) is 9.47 Å². The van der Waals surface area contributed by atoms with Crippen molar-refractivity contribution in [2.24, 2.45) is 4.99 Å². The molecule has 0 amide bonds. The molecule has 0 radical (unpaired) electrons. The van der Waals surface area contributed by atoms with Crippen LogP contribution in [0.25, 0.3) is 0 Å². The molecule has 2 aromatic carbocycles. The second-order valence-electron chi connectivity index (χ2n) is 8.35. The van der Waals surface area contributed by atoms with Gasteiger partial charge in [-0.15, -0.1) is 0 Å². The van der Waals surface area contributed by atoms with Gasteiger partial charge in [0.25, 0.3) is 0 Å². The van der Waals surface area contributed by atoms with Crippen LogP contribution in [-0.4, -0.2) is 35.7 Å². The topological polar surface area (TPSA) is 73.0 Å². The number of carbonyl (C=O) groups excluding carboxylic acids is 1. The Hall–Kier alpha value is -3.61. The number of nitrogens with zero attached hydrogens (tertiary/aromatic N) is 2. The van der Waals surface area contributed by atoms with Crippen molar-refractivity contribution < 1.29 is 23.9 Å². The third-order valence-corrected chi connectivity index (χ3v) is 5.95. The van der Waals surface area contributed by atoms with E-state index >= 15 is 0 Å². The number of ether oxygens (including phenoxy) is 2. The van der Waals surface area contributed by atoms with Gasteiger partial charge in [0.2, 0.25) is 0 Å². The Labute approximate surface area is 198 Å². The van der Waals surface area contributed by atoms with E-state index in [-0.39, 0.29) is 24.1 Å².